The minimum atomic E-state index is 0.0238. The van der Waals surface area contributed by atoms with Crippen LogP contribution in [0.1, 0.15) is 48.5 Å². The molecule has 21 heavy (non-hydrogen) atoms. The van der Waals surface area contributed by atoms with Gasteiger partial charge in [-0.15, -0.1) is 0 Å². The summed E-state index contributed by atoms with van der Waals surface area (Å²) in [4.78, 5) is 12.4. The molecule has 0 saturated carbocycles. The van der Waals surface area contributed by atoms with Crippen LogP contribution in [0.2, 0.25) is 0 Å². The van der Waals surface area contributed by atoms with Gasteiger partial charge in [0.25, 0.3) is 5.91 Å². The van der Waals surface area contributed by atoms with Crippen molar-refractivity contribution in [2.75, 3.05) is 11.9 Å². The molecule has 2 saturated heterocycles. The van der Waals surface area contributed by atoms with Gasteiger partial charge in [0, 0.05) is 17.8 Å². The van der Waals surface area contributed by atoms with Crippen molar-refractivity contribution in [1.82, 2.24) is 5.32 Å². The lowest BCUT2D eigenvalue weighted by Gasteiger charge is -2.20. The number of fused-ring (bicyclic) bond motifs is 2. The Morgan fingerprint density at radius 2 is 2.24 bits per heavy atom. The summed E-state index contributed by atoms with van der Waals surface area (Å²) < 4.78 is 5.79. The number of carbonyl (C=O) groups is 1. The first-order valence-electron chi connectivity index (χ1n) is 7.98. The van der Waals surface area contributed by atoms with Crippen molar-refractivity contribution in [3.8, 4) is 0 Å². The molecule has 3 atom stereocenters. The van der Waals surface area contributed by atoms with Crippen LogP contribution in [0, 0.1) is 6.92 Å². The first-order valence-corrected chi connectivity index (χ1v) is 7.98. The van der Waals surface area contributed by atoms with Crippen molar-refractivity contribution in [3.05, 3.63) is 29.3 Å². The summed E-state index contributed by atoms with van der Waals surface area (Å²) in [5.41, 5.74) is 2.85. The number of amides is 1. The fourth-order valence-corrected chi connectivity index (χ4v) is 3.33. The Hall–Kier alpha value is -1.55. The number of benzene rings is 1. The van der Waals surface area contributed by atoms with Crippen LogP contribution < -0.4 is 10.6 Å². The minimum absolute atomic E-state index is 0.0238. The number of hydrogen-bond acceptors (Lipinski definition) is 3. The average molecular weight is 288 g/mol. The Morgan fingerprint density at radius 3 is 2.86 bits per heavy atom. The molecule has 3 rings (SSSR count). The van der Waals surface area contributed by atoms with E-state index in [4.69, 9.17) is 4.74 Å². The van der Waals surface area contributed by atoms with Gasteiger partial charge in [-0.2, -0.15) is 0 Å². The number of carbonyl (C=O) groups excluding carboxylic acids is 1. The van der Waals surface area contributed by atoms with Gasteiger partial charge in [-0.3, -0.25) is 4.79 Å². The van der Waals surface area contributed by atoms with Crippen LogP contribution in [0.25, 0.3) is 0 Å². The van der Waals surface area contributed by atoms with Crippen molar-refractivity contribution in [1.29, 1.82) is 0 Å². The SMILES string of the molecule is CCCNc1ccc(C(=O)NC2CC3CCC2O3)c(C)c1. The zero-order valence-electron chi connectivity index (χ0n) is 12.8. The quantitative estimate of drug-likeness (QED) is 0.876. The van der Waals surface area contributed by atoms with E-state index in [-0.39, 0.29) is 18.1 Å². The second-order valence-corrected chi connectivity index (χ2v) is 6.15. The minimum Gasteiger partial charge on any atom is -0.385 e. The summed E-state index contributed by atoms with van der Waals surface area (Å²) >= 11 is 0. The Balaban J connectivity index is 1.64. The molecule has 2 bridgehead atoms. The predicted octanol–water partition coefficient (Wildman–Crippen LogP) is 2.87. The van der Waals surface area contributed by atoms with Gasteiger partial charge < -0.3 is 15.4 Å². The average Bonchev–Trinajstić information content (AvgIpc) is 3.07. The molecule has 4 nitrogen and oxygen atoms in total. The number of anilines is 1. The fourth-order valence-electron chi connectivity index (χ4n) is 3.33. The van der Waals surface area contributed by atoms with Crippen LogP contribution in [0.4, 0.5) is 5.69 Å². The van der Waals surface area contributed by atoms with E-state index in [1.54, 1.807) is 0 Å². The van der Waals surface area contributed by atoms with Crippen molar-refractivity contribution in [2.45, 2.75) is 57.8 Å². The molecule has 2 fully saturated rings. The molecule has 114 valence electrons. The maximum Gasteiger partial charge on any atom is 0.251 e. The summed E-state index contributed by atoms with van der Waals surface area (Å²) in [5, 5.41) is 6.49. The molecule has 2 heterocycles. The van der Waals surface area contributed by atoms with Gasteiger partial charge in [-0.05, 0) is 56.4 Å². The molecule has 0 aliphatic carbocycles. The van der Waals surface area contributed by atoms with Crippen molar-refractivity contribution < 1.29 is 9.53 Å². The molecular weight excluding hydrogens is 264 g/mol. The highest BCUT2D eigenvalue weighted by atomic mass is 16.5. The zero-order valence-corrected chi connectivity index (χ0v) is 12.8. The third kappa shape index (κ3) is 3.05. The van der Waals surface area contributed by atoms with Gasteiger partial charge in [-0.1, -0.05) is 6.92 Å². The van der Waals surface area contributed by atoms with Crippen LogP contribution in [0.5, 0.6) is 0 Å². The topological polar surface area (TPSA) is 50.4 Å². The first kappa shape index (κ1) is 14.4. The van der Waals surface area contributed by atoms with E-state index in [1.807, 2.05) is 25.1 Å². The number of rotatable bonds is 5. The summed E-state index contributed by atoms with van der Waals surface area (Å²) in [7, 11) is 0. The second-order valence-electron chi connectivity index (χ2n) is 6.15. The predicted molar refractivity (Wildman–Crippen MR) is 83.7 cm³/mol. The van der Waals surface area contributed by atoms with Gasteiger partial charge in [0.05, 0.1) is 18.2 Å². The highest BCUT2D eigenvalue weighted by molar-refractivity contribution is 5.96. The third-order valence-corrected chi connectivity index (χ3v) is 4.47. The van der Waals surface area contributed by atoms with E-state index in [0.29, 0.717) is 6.10 Å². The lowest BCUT2D eigenvalue weighted by Crippen LogP contribution is -2.41. The molecular formula is C17H24N2O2. The Labute approximate surface area is 126 Å². The van der Waals surface area contributed by atoms with Crippen LogP contribution in [-0.4, -0.2) is 30.7 Å². The maximum atomic E-state index is 12.4. The molecule has 0 spiro atoms. The third-order valence-electron chi connectivity index (χ3n) is 4.47. The Kier molecular flexibility index (Phi) is 4.15. The molecule has 2 N–H and O–H groups in total. The van der Waals surface area contributed by atoms with Crippen LogP contribution in [-0.2, 0) is 4.74 Å². The smallest absolute Gasteiger partial charge is 0.251 e. The lowest BCUT2D eigenvalue weighted by molar-refractivity contribution is 0.0840. The van der Waals surface area contributed by atoms with E-state index in [9.17, 15) is 4.79 Å². The highest BCUT2D eigenvalue weighted by Gasteiger charge is 2.41. The fraction of sp³-hybridized carbons (Fsp3) is 0.588. The molecule has 1 aromatic rings. The zero-order chi connectivity index (χ0) is 14.8. The number of hydrogen-bond donors (Lipinski definition) is 2. The van der Waals surface area contributed by atoms with Crippen molar-refractivity contribution >= 4 is 11.6 Å². The monoisotopic (exact) mass is 288 g/mol. The lowest BCUT2D eigenvalue weighted by atomic mass is 9.95. The van der Waals surface area contributed by atoms with E-state index < -0.39 is 0 Å². The van der Waals surface area contributed by atoms with Gasteiger partial charge in [0.1, 0.15) is 0 Å². The maximum absolute atomic E-state index is 12.4. The number of nitrogens with one attached hydrogen (secondary N) is 2. The second kappa shape index (κ2) is 6.06. The van der Waals surface area contributed by atoms with Gasteiger partial charge in [0.2, 0.25) is 0 Å². The van der Waals surface area contributed by atoms with Gasteiger partial charge >= 0.3 is 0 Å². The molecule has 4 heteroatoms. The summed E-state index contributed by atoms with van der Waals surface area (Å²) in [6, 6.07) is 6.13. The highest BCUT2D eigenvalue weighted by Crippen LogP contribution is 2.34. The van der Waals surface area contributed by atoms with Crippen LogP contribution in [0.15, 0.2) is 18.2 Å². The van der Waals surface area contributed by atoms with Gasteiger partial charge in [-0.25, -0.2) is 0 Å². The van der Waals surface area contributed by atoms with E-state index in [2.05, 4.69) is 17.6 Å². The normalized spacial score (nSPS) is 26.9. The number of aryl methyl sites for hydroxylation is 1. The molecule has 2 aliphatic heterocycles. The van der Waals surface area contributed by atoms with Gasteiger partial charge in [0.15, 0.2) is 0 Å². The molecule has 1 amide bonds. The van der Waals surface area contributed by atoms with E-state index >= 15 is 0 Å². The van der Waals surface area contributed by atoms with E-state index in [1.165, 1.54) is 0 Å². The molecule has 1 aromatic carbocycles. The number of ether oxygens (including phenoxy) is 1. The van der Waals surface area contributed by atoms with E-state index in [0.717, 1.165) is 49.0 Å². The van der Waals surface area contributed by atoms with Crippen LogP contribution in [0.3, 0.4) is 0 Å². The summed E-state index contributed by atoms with van der Waals surface area (Å²) in [5.74, 6) is 0.0238. The summed E-state index contributed by atoms with van der Waals surface area (Å²) in [6.45, 7) is 5.08. The standard InChI is InChI=1S/C17H24N2O2/c1-3-8-18-12-4-6-14(11(2)9-12)17(20)19-15-10-13-5-7-16(15)21-13/h4,6,9,13,15-16,18H,3,5,7-8,10H2,1-2H3,(H,19,20). The molecule has 2 aliphatic rings. The van der Waals surface area contributed by atoms with Crippen molar-refractivity contribution in [3.63, 3.8) is 0 Å². The molecule has 3 unspecified atom stereocenters. The summed E-state index contributed by atoms with van der Waals surface area (Å²) in [6.07, 6.45) is 4.87. The van der Waals surface area contributed by atoms with Crippen molar-refractivity contribution in [2.24, 2.45) is 0 Å². The Morgan fingerprint density at radius 1 is 1.38 bits per heavy atom. The van der Waals surface area contributed by atoms with Crippen LogP contribution >= 0.6 is 0 Å². The molecule has 0 radical (unpaired) electrons. The first-order chi connectivity index (χ1) is 10.2. The Bertz CT molecular complexity index is 530. The molecule has 0 aromatic heterocycles. The largest absolute Gasteiger partial charge is 0.385 e.